The lowest BCUT2D eigenvalue weighted by molar-refractivity contribution is -0.133. The molecule has 2 heterocycles. The van der Waals surface area contributed by atoms with Crippen molar-refractivity contribution in [2.75, 3.05) is 27.2 Å². The number of carbonyl (C=O) groups is 1. The molecular formula is C22H21F6N3O3. The number of benzene rings is 1. The van der Waals surface area contributed by atoms with Crippen molar-refractivity contribution in [1.29, 1.82) is 0 Å². The van der Waals surface area contributed by atoms with Gasteiger partial charge >= 0.3 is 12.8 Å². The largest absolute Gasteiger partial charge is 0.492 e. The van der Waals surface area contributed by atoms with Gasteiger partial charge in [0.25, 0.3) is 0 Å². The van der Waals surface area contributed by atoms with Crippen LogP contribution < -0.4 is 9.47 Å². The Labute approximate surface area is 190 Å². The fourth-order valence-corrected chi connectivity index (χ4v) is 3.18. The maximum atomic E-state index is 14.8. The summed E-state index contributed by atoms with van der Waals surface area (Å²) in [4.78, 5) is 18.3. The van der Waals surface area contributed by atoms with Crippen molar-refractivity contribution in [3.8, 4) is 22.8 Å². The highest BCUT2D eigenvalue weighted by molar-refractivity contribution is 5.99. The van der Waals surface area contributed by atoms with Gasteiger partial charge in [-0.1, -0.05) is 0 Å². The summed E-state index contributed by atoms with van der Waals surface area (Å²) in [5.41, 5.74) is -0.227. The second-order valence-electron chi connectivity index (χ2n) is 7.63. The minimum Gasteiger partial charge on any atom is -0.492 e. The predicted octanol–water partition coefficient (Wildman–Crippen LogP) is 5.21. The Bertz CT molecular complexity index is 1160. The van der Waals surface area contributed by atoms with Gasteiger partial charge in [0.05, 0.1) is 23.9 Å². The zero-order valence-corrected chi connectivity index (χ0v) is 18.2. The van der Waals surface area contributed by atoms with Crippen LogP contribution in [0.25, 0.3) is 16.9 Å². The van der Waals surface area contributed by atoms with E-state index in [2.05, 4.69) is 9.72 Å². The van der Waals surface area contributed by atoms with Gasteiger partial charge in [-0.2, -0.15) is 22.0 Å². The number of nitrogens with zero attached hydrogens (tertiary/aromatic N) is 3. The molecule has 3 rings (SSSR count). The van der Waals surface area contributed by atoms with E-state index in [0.29, 0.717) is 24.5 Å². The highest BCUT2D eigenvalue weighted by atomic mass is 19.4. The molecule has 0 aliphatic carbocycles. The monoisotopic (exact) mass is 489 g/mol. The first-order chi connectivity index (χ1) is 15.9. The zero-order valence-electron chi connectivity index (χ0n) is 18.2. The molecule has 0 atom stereocenters. The normalized spacial score (nSPS) is 12.1. The second-order valence-corrected chi connectivity index (χ2v) is 7.63. The molecule has 0 spiro atoms. The van der Waals surface area contributed by atoms with Crippen molar-refractivity contribution in [3.05, 3.63) is 48.0 Å². The van der Waals surface area contributed by atoms with E-state index in [0.717, 1.165) is 12.1 Å². The van der Waals surface area contributed by atoms with E-state index in [-0.39, 0.29) is 11.3 Å². The van der Waals surface area contributed by atoms with Crippen LogP contribution in [0.1, 0.15) is 23.2 Å². The third kappa shape index (κ3) is 6.40. The van der Waals surface area contributed by atoms with Gasteiger partial charge in [-0.05, 0) is 32.3 Å². The van der Waals surface area contributed by atoms with Crippen molar-refractivity contribution in [2.24, 2.45) is 0 Å². The Kier molecular flexibility index (Phi) is 7.70. The smallest absolute Gasteiger partial charge is 0.389 e. The van der Waals surface area contributed by atoms with E-state index in [4.69, 9.17) is 4.74 Å². The number of hydrogen-bond acceptors (Lipinski definition) is 5. The molecule has 0 aliphatic rings. The molecule has 3 aromatic rings. The van der Waals surface area contributed by atoms with Crippen LogP contribution in [0.3, 0.4) is 0 Å². The molecule has 0 unspecified atom stereocenters. The first-order valence-corrected chi connectivity index (χ1v) is 10.1. The number of Topliss-reactive ketones (excluding diaryl/α,β-unsaturated/α-hetero) is 1. The average Bonchev–Trinajstić information content (AvgIpc) is 3.14. The van der Waals surface area contributed by atoms with E-state index in [1.165, 1.54) is 10.6 Å². The predicted molar refractivity (Wildman–Crippen MR) is 111 cm³/mol. The topological polar surface area (TPSA) is 56.1 Å². The molecule has 6 nitrogen and oxygen atoms in total. The highest BCUT2D eigenvalue weighted by Crippen LogP contribution is 2.34. The Balaban J connectivity index is 1.95. The van der Waals surface area contributed by atoms with Crippen molar-refractivity contribution in [2.45, 2.75) is 25.6 Å². The first-order valence-electron chi connectivity index (χ1n) is 10.1. The number of pyridine rings is 1. The first kappa shape index (κ1) is 25.3. The molecule has 12 heteroatoms. The molecule has 0 radical (unpaired) electrons. The van der Waals surface area contributed by atoms with E-state index in [1.54, 1.807) is 18.3 Å². The maximum Gasteiger partial charge on any atom is 0.389 e. The lowest BCUT2D eigenvalue weighted by atomic mass is 10.0. The summed E-state index contributed by atoms with van der Waals surface area (Å²) in [5, 5.41) is 0. The number of alkyl halides is 5. The molecule has 0 amide bonds. The lowest BCUT2D eigenvalue weighted by Crippen LogP contribution is -2.19. The van der Waals surface area contributed by atoms with Crippen LogP contribution in [0.15, 0.2) is 36.7 Å². The number of halogens is 6. The number of ketones is 1. The Hall–Kier alpha value is -3.28. The van der Waals surface area contributed by atoms with Gasteiger partial charge in [0.2, 0.25) is 0 Å². The van der Waals surface area contributed by atoms with Gasteiger partial charge in [-0.15, -0.1) is 0 Å². The van der Waals surface area contributed by atoms with Crippen molar-refractivity contribution in [1.82, 2.24) is 14.3 Å². The molecule has 0 fully saturated rings. The molecule has 184 valence electrons. The number of carbonyl (C=O) groups excluding carboxylic acids is 1. The molecule has 2 aromatic heterocycles. The van der Waals surface area contributed by atoms with Crippen LogP contribution in [-0.2, 0) is 0 Å². The van der Waals surface area contributed by atoms with E-state index < -0.39 is 48.5 Å². The van der Waals surface area contributed by atoms with Gasteiger partial charge in [0.15, 0.2) is 5.78 Å². The Morgan fingerprint density at radius 2 is 1.94 bits per heavy atom. The van der Waals surface area contributed by atoms with E-state index in [1.807, 2.05) is 19.0 Å². The zero-order chi connectivity index (χ0) is 25.0. The third-order valence-corrected chi connectivity index (χ3v) is 4.77. The summed E-state index contributed by atoms with van der Waals surface area (Å²) in [6.07, 6.45) is -4.36. The van der Waals surface area contributed by atoms with E-state index >= 15 is 0 Å². The summed E-state index contributed by atoms with van der Waals surface area (Å²) in [7, 11) is 3.79. The number of likely N-dealkylation sites (N-methyl/N-ethyl adjacent to an activating group) is 1. The number of hydrogen-bond donors (Lipinski definition) is 0. The van der Waals surface area contributed by atoms with Crippen LogP contribution in [0.4, 0.5) is 26.3 Å². The molecule has 0 N–H and O–H groups in total. The standard InChI is InChI=1S/C22H21F6N3O3/c1-30(2)7-8-33-14-4-6-31-16(12-29-19(31)11-14)13-9-15(23)20(18(10-13)34-21(24)25)17(32)3-5-22(26,27)28/h4,6,9-12,21H,3,5,7-8H2,1-2H3. The van der Waals surface area contributed by atoms with Crippen molar-refractivity contribution < 1.29 is 40.6 Å². The molecular weight excluding hydrogens is 468 g/mol. The molecule has 0 saturated heterocycles. The molecule has 0 saturated carbocycles. The van der Waals surface area contributed by atoms with Crippen LogP contribution in [0.2, 0.25) is 0 Å². The SMILES string of the molecule is CN(C)CCOc1ccn2c(-c3cc(F)c(C(=O)CCC(F)(F)F)c(OC(F)F)c3)cnc2c1. The number of fused-ring (bicyclic) bond motifs is 1. The highest BCUT2D eigenvalue weighted by Gasteiger charge is 2.30. The van der Waals surface area contributed by atoms with Gasteiger partial charge in [0, 0.05) is 30.8 Å². The minimum absolute atomic E-state index is 0.0364. The van der Waals surface area contributed by atoms with E-state index in [9.17, 15) is 31.1 Å². The van der Waals surface area contributed by atoms with Crippen LogP contribution in [-0.4, -0.2) is 60.1 Å². The number of imidazole rings is 1. The Morgan fingerprint density at radius 3 is 2.59 bits per heavy atom. The van der Waals surface area contributed by atoms with Gasteiger partial charge < -0.3 is 14.4 Å². The lowest BCUT2D eigenvalue weighted by Gasteiger charge is -2.14. The maximum absolute atomic E-state index is 14.8. The van der Waals surface area contributed by atoms with Crippen LogP contribution in [0.5, 0.6) is 11.5 Å². The number of rotatable bonds is 10. The molecule has 1 aromatic carbocycles. The summed E-state index contributed by atoms with van der Waals surface area (Å²) < 4.78 is 89.5. The fourth-order valence-electron chi connectivity index (χ4n) is 3.18. The molecule has 0 bridgehead atoms. The summed E-state index contributed by atoms with van der Waals surface area (Å²) in [5.74, 6) is -2.89. The van der Waals surface area contributed by atoms with Crippen LogP contribution >= 0.6 is 0 Å². The molecule has 34 heavy (non-hydrogen) atoms. The summed E-state index contributed by atoms with van der Waals surface area (Å²) in [6.45, 7) is -2.31. The van der Waals surface area contributed by atoms with Crippen molar-refractivity contribution in [3.63, 3.8) is 0 Å². The van der Waals surface area contributed by atoms with Gasteiger partial charge in [-0.3, -0.25) is 9.20 Å². The van der Waals surface area contributed by atoms with Crippen molar-refractivity contribution >= 4 is 11.4 Å². The van der Waals surface area contributed by atoms with Gasteiger partial charge in [0.1, 0.15) is 29.6 Å². The minimum atomic E-state index is -4.67. The second kappa shape index (κ2) is 10.3. The Morgan fingerprint density at radius 1 is 1.21 bits per heavy atom. The molecule has 0 aliphatic heterocycles. The third-order valence-electron chi connectivity index (χ3n) is 4.77. The van der Waals surface area contributed by atoms with Crippen LogP contribution in [0, 0.1) is 5.82 Å². The summed E-state index contributed by atoms with van der Waals surface area (Å²) >= 11 is 0. The number of aromatic nitrogens is 2. The quantitative estimate of drug-likeness (QED) is 0.289. The van der Waals surface area contributed by atoms with Gasteiger partial charge in [-0.25, -0.2) is 9.37 Å². The fraction of sp³-hybridized carbons (Fsp3) is 0.364. The number of ether oxygens (including phenoxy) is 2. The summed E-state index contributed by atoms with van der Waals surface area (Å²) in [6, 6.07) is 5.10. The average molecular weight is 489 g/mol.